The fourth-order valence-corrected chi connectivity index (χ4v) is 5.04. The first-order valence-electron chi connectivity index (χ1n) is 9.88. The van der Waals surface area contributed by atoms with Gasteiger partial charge in [0.2, 0.25) is 5.91 Å². The van der Waals surface area contributed by atoms with Crippen LogP contribution in [-0.2, 0) is 4.79 Å². The van der Waals surface area contributed by atoms with Gasteiger partial charge in [0.25, 0.3) is 0 Å². The van der Waals surface area contributed by atoms with E-state index in [1.54, 1.807) is 0 Å². The zero-order chi connectivity index (χ0) is 19.0. The number of nitrogens with two attached hydrogens (primary N) is 1. The minimum Gasteiger partial charge on any atom is -0.342 e. The van der Waals surface area contributed by atoms with E-state index in [1.165, 1.54) is 30.7 Å². The van der Waals surface area contributed by atoms with Crippen LogP contribution in [0.2, 0.25) is 0 Å². The molecule has 1 aliphatic heterocycles. The second-order valence-electron chi connectivity index (χ2n) is 8.14. The van der Waals surface area contributed by atoms with Gasteiger partial charge >= 0.3 is 6.03 Å². The van der Waals surface area contributed by atoms with Crippen molar-refractivity contribution in [3.05, 3.63) is 30.1 Å². The number of carbonyl (C=O) groups excluding carboxylic acids is 2. The van der Waals surface area contributed by atoms with E-state index in [4.69, 9.17) is 5.73 Å². The smallest absolute Gasteiger partial charge is 0.319 e. The van der Waals surface area contributed by atoms with Crippen molar-refractivity contribution in [3.8, 4) is 0 Å². The highest BCUT2D eigenvalue weighted by atomic mass is 19.1. The number of amides is 3. The number of nitrogens with zero attached hydrogens (tertiary/aromatic N) is 1. The summed E-state index contributed by atoms with van der Waals surface area (Å²) in [7, 11) is 0. The highest BCUT2D eigenvalue weighted by molar-refractivity contribution is 5.89. The van der Waals surface area contributed by atoms with Crippen LogP contribution in [0.3, 0.4) is 0 Å². The van der Waals surface area contributed by atoms with Gasteiger partial charge in [0, 0.05) is 30.9 Å². The molecule has 1 aromatic rings. The summed E-state index contributed by atoms with van der Waals surface area (Å²) < 4.78 is 12.9. The number of nitrogens with one attached hydrogen (secondary N) is 2. The molecule has 4 N–H and O–H groups in total. The normalized spacial score (nSPS) is 30.4. The topological polar surface area (TPSA) is 87.5 Å². The zero-order valence-corrected chi connectivity index (χ0v) is 15.4. The van der Waals surface area contributed by atoms with Gasteiger partial charge < -0.3 is 21.3 Å². The third kappa shape index (κ3) is 3.78. The van der Waals surface area contributed by atoms with Crippen LogP contribution in [-0.4, -0.2) is 42.0 Å². The molecule has 7 heteroatoms. The highest BCUT2D eigenvalue weighted by Crippen LogP contribution is 2.48. The average molecular weight is 374 g/mol. The summed E-state index contributed by atoms with van der Waals surface area (Å²) in [6.45, 7) is 1.31. The molecule has 1 heterocycles. The first-order chi connectivity index (χ1) is 13.0. The second-order valence-corrected chi connectivity index (χ2v) is 8.14. The molecule has 27 heavy (non-hydrogen) atoms. The Bertz CT molecular complexity index is 700. The largest absolute Gasteiger partial charge is 0.342 e. The number of piperidine rings is 1. The van der Waals surface area contributed by atoms with Gasteiger partial charge in [-0.25, -0.2) is 9.18 Å². The second kappa shape index (κ2) is 7.46. The van der Waals surface area contributed by atoms with Crippen molar-refractivity contribution in [2.75, 3.05) is 18.4 Å². The first kappa shape index (κ1) is 18.2. The molecule has 3 aliphatic rings. The number of hydrogen-bond acceptors (Lipinski definition) is 3. The Morgan fingerprint density at radius 3 is 2.33 bits per heavy atom. The van der Waals surface area contributed by atoms with Crippen LogP contribution < -0.4 is 16.4 Å². The van der Waals surface area contributed by atoms with E-state index < -0.39 is 0 Å². The highest BCUT2D eigenvalue weighted by Gasteiger charge is 2.50. The number of halogens is 1. The van der Waals surface area contributed by atoms with Crippen LogP contribution in [0.1, 0.15) is 32.1 Å². The number of benzene rings is 1. The molecule has 2 saturated carbocycles. The Hall–Kier alpha value is -2.15. The number of anilines is 1. The minimum absolute atomic E-state index is 0.00460. The van der Waals surface area contributed by atoms with Crippen molar-refractivity contribution in [3.63, 3.8) is 0 Å². The third-order valence-electron chi connectivity index (χ3n) is 6.51. The van der Waals surface area contributed by atoms with Crippen LogP contribution in [0.4, 0.5) is 14.9 Å². The van der Waals surface area contributed by atoms with E-state index in [0.717, 1.165) is 25.7 Å². The van der Waals surface area contributed by atoms with Crippen molar-refractivity contribution in [2.24, 2.45) is 23.5 Å². The van der Waals surface area contributed by atoms with Gasteiger partial charge in [-0.15, -0.1) is 0 Å². The monoisotopic (exact) mass is 374 g/mol. The molecule has 0 spiro atoms. The summed E-state index contributed by atoms with van der Waals surface area (Å²) in [5.41, 5.74) is 6.86. The maximum Gasteiger partial charge on any atom is 0.319 e. The van der Waals surface area contributed by atoms with Gasteiger partial charge in [-0.1, -0.05) is 0 Å². The minimum atomic E-state index is -0.340. The number of likely N-dealkylation sites (tertiary alicyclic amines) is 1. The van der Waals surface area contributed by atoms with Crippen molar-refractivity contribution in [1.29, 1.82) is 0 Å². The van der Waals surface area contributed by atoms with Crippen LogP contribution >= 0.6 is 0 Å². The van der Waals surface area contributed by atoms with Gasteiger partial charge in [0.15, 0.2) is 0 Å². The van der Waals surface area contributed by atoms with Crippen LogP contribution in [0, 0.1) is 23.6 Å². The molecule has 6 nitrogen and oxygen atoms in total. The lowest BCUT2D eigenvalue weighted by Gasteiger charge is -2.37. The van der Waals surface area contributed by atoms with Crippen LogP contribution in [0.15, 0.2) is 24.3 Å². The maximum atomic E-state index is 12.9. The lowest BCUT2D eigenvalue weighted by atomic mass is 9.83. The SMILES string of the molecule is NC1C2CCC(C2)C1C(=O)N1CCC(NC(=O)Nc2ccc(F)cc2)CC1. The Balaban J connectivity index is 1.24. The van der Waals surface area contributed by atoms with Gasteiger partial charge in [-0.2, -0.15) is 0 Å². The van der Waals surface area contributed by atoms with Crippen molar-refractivity contribution < 1.29 is 14.0 Å². The predicted molar refractivity (Wildman–Crippen MR) is 100 cm³/mol. The molecule has 3 fully saturated rings. The average Bonchev–Trinajstić information content (AvgIpc) is 3.25. The quantitative estimate of drug-likeness (QED) is 0.759. The first-order valence-corrected chi connectivity index (χ1v) is 9.88. The van der Waals surface area contributed by atoms with E-state index in [9.17, 15) is 14.0 Å². The maximum absolute atomic E-state index is 12.9. The lowest BCUT2D eigenvalue weighted by Crippen LogP contribution is -2.52. The van der Waals surface area contributed by atoms with E-state index in [2.05, 4.69) is 10.6 Å². The molecule has 4 rings (SSSR count). The van der Waals surface area contributed by atoms with Gasteiger partial charge in [-0.3, -0.25) is 4.79 Å². The molecule has 1 aromatic carbocycles. The van der Waals surface area contributed by atoms with Crippen LogP contribution in [0.25, 0.3) is 0 Å². The van der Waals surface area contributed by atoms with Crippen molar-refractivity contribution >= 4 is 17.6 Å². The standard InChI is InChI=1S/C20H27FN4O2/c21-14-3-5-15(6-4-14)23-20(27)24-16-7-9-25(10-8-16)19(26)17-12-1-2-13(11-12)18(17)22/h3-6,12-13,16-18H,1-2,7-11,22H2,(H2,23,24,27). The Kier molecular flexibility index (Phi) is 5.04. The molecule has 4 unspecified atom stereocenters. The molecular formula is C20H27FN4O2. The summed E-state index contributed by atoms with van der Waals surface area (Å²) in [6, 6.07) is 5.40. The van der Waals surface area contributed by atoms with E-state index >= 15 is 0 Å². The van der Waals surface area contributed by atoms with E-state index in [1.807, 2.05) is 4.90 Å². The van der Waals surface area contributed by atoms with Gasteiger partial charge in [0.05, 0.1) is 5.92 Å². The predicted octanol–water partition coefficient (Wildman–Crippen LogP) is 2.31. The molecule has 4 atom stereocenters. The fraction of sp³-hybridized carbons (Fsp3) is 0.600. The molecule has 2 bridgehead atoms. The van der Waals surface area contributed by atoms with Crippen molar-refractivity contribution in [2.45, 2.75) is 44.2 Å². The Labute approximate surface area is 158 Å². The number of rotatable bonds is 3. The summed E-state index contributed by atoms with van der Waals surface area (Å²) in [5.74, 6) is 0.861. The summed E-state index contributed by atoms with van der Waals surface area (Å²) in [6.07, 6.45) is 4.89. The summed E-state index contributed by atoms with van der Waals surface area (Å²) >= 11 is 0. The number of carbonyl (C=O) groups is 2. The molecular weight excluding hydrogens is 347 g/mol. The van der Waals surface area contributed by atoms with Gasteiger partial charge in [0.1, 0.15) is 5.82 Å². The summed E-state index contributed by atoms with van der Waals surface area (Å²) in [5, 5.41) is 5.65. The van der Waals surface area contributed by atoms with Crippen molar-refractivity contribution in [1.82, 2.24) is 10.2 Å². The zero-order valence-electron chi connectivity index (χ0n) is 15.4. The molecule has 3 amide bonds. The third-order valence-corrected chi connectivity index (χ3v) is 6.51. The number of urea groups is 1. The lowest BCUT2D eigenvalue weighted by molar-refractivity contribution is -0.138. The Morgan fingerprint density at radius 2 is 1.70 bits per heavy atom. The summed E-state index contributed by atoms with van der Waals surface area (Å²) in [4.78, 5) is 27.0. The number of hydrogen-bond donors (Lipinski definition) is 3. The Morgan fingerprint density at radius 1 is 1.04 bits per heavy atom. The molecule has 0 aromatic heterocycles. The van der Waals surface area contributed by atoms with E-state index in [-0.39, 0.29) is 35.8 Å². The van der Waals surface area contributed by atoms with Gasteiger partial charge in [-0.05, 0) is 68.2 Å². The molecule has 0 radical (unpaired) electrons. The molecule has 146 valence electrons. The number of fused-ring (bicyclic) bond motifs is 2. The fourth-order valence-electron chi connectivity index (χ4n) is 5.04. The molecule has 2 aliphatic carbocycles. The molecule has 1 saturated heterocycles. The van der Waals surface area contributed by atoms with Crippen LogP contribution in [0.5, 0.6) is 0 Å². The van der Waals surface area contributed by atoms with E-state index in [0.29, 0.717) is 30.6 Å².